The van der Waals surface area contributed by atoms with Crippen molar-refractivity contribution in [1.82, 2.24) is 0 Å². The van der Waals surface area contributed by atoms with Gasteiger partial charge in [-0.1, -0.05) is 44.2 Å². The van der Waals surface area contributed by atoms with E-state index < -0.39 is 5.91 Å². The number of rotatable bonds is 5. The smallest absolute Gasteiger partial charge is 0.266 e. The van der Waals surface area contributed by atoms with Crippen LogP contribution in [0.15, 0.2) is 60.2 Å². The first kappa shape index (κ1) is 20.2. The summed E-state index contributed by atoms with van der Waals surface area (Å²) in [5.41, 5.74) is 3.53. The molecule has 3 aromatic carbocycles. The number of anilines is 1. The third-order valence-electron chi connectivity index (χ3n) is 4.91. The zero-order valence-electron chi connectivity index (χ0n) is 17.1. The van der Waals surface area contributed by atoms with Gasteiger partial charge in [-0.2, -0.15) is 5.26 Å². The number of aryl methyl sites for hydroxylation is 1. The van der Waals surface area contributed by atoms with Crippen molar-refractivity contribution in [3.05, 3.63) is 76.9 Å². The number of nitrogens with one attached hydrogen (secondary N) is 1. The molecule has 4 heteroatoms. The maximum atomic E-state index is 12.7. The summed E-state index contributed by atoms with van der Waals surface area (Å²) in [5.74, 6) is 0.646. The molecule has 146 valence electrons. The number of nitriles is 1. The number of carbonyl (C=O) groups is 1. The van der Waals surface area contributed by atoms with Crippen molar-refractivity contribution in [1.29, 1.82) is 5.26 Å². The number of amides is 1. The lowest BCUT2D eigenvalue weighted by Crippen LogP contribution is -2.13. The fourth-order valence-corrected chi connectivity index (χ4v) is 3.27. The van der Waals surface area contributed by atoms with Crippen molar-refractivity contribution in [2.45, 2.75) is 26.7 Å². The molecule has 0 bridgehead atoms. The zero-order valence-corrected chi connectivity index (χ0v) is 17.1. The molecule has 0 spiro atoms. The van der Waals surface area contributed by atoms with Gasteiger partial charge in [0.2, 0.25) is 0 Å². The highest BCUT2D eigenvalue weighted by atomic mass is 16.5. The molecular weight excluding hydrogens is 360 g/mol. The van der Waals surface area contributed by atoms with Crippen molar-refractivity contribution < 1.29 is 9.53 Å². The first-order chi connectivity index (χ1) is 13.9. The summed E-state index contributed by atoms with van der Waals surface area (Å²) in [5, 5.41) is 14.5. The lowest BCUT2D eigenvalue weighted by atomic mass is 9.95. The number of hydrogen-bond acceptors (Lipinski definition) is 3. The number of ether oxygens (including phenoxy) is 1. The SMILES string of the molecule is COc1cc(C)c(/C=C(\C#N)C(=O)Nc2ccc3ccccc3c2)cc1C(C)C. The highest BCUT2D eigenvalue weighted by Gasteiger charge is 2.14. The van der Waals surface area contributed by atoms with Crippen LogP contribution in [-0.2, 0) is 4.79 Å². The molecule has 29 heavy (non-hydrogen) atoms. The highest BCUT2D eigenvalue weighted by Crippen LogP contribution is 2.30. The Bertz CT molecular complexity index is 1140. The van der Waals surface area contributed by atoms with E-state index in [1.54, 1.807) is 13.2 Å². The Balaban J connectivity index is 1.92. The van der Waals surface area contributed by atoms with Gasteiger partial charge in [0.1, 0.15) is 17.4 Å². The highest BCUT2D eigenvalue weighted by molar-refractivity contribution is 6.10. The van der Waals surface area contributed by atoms with Crippen LogP contribution in [-0.4, -0.2) is 13.0 Å². The van der Waals surface area contributed by atoms with E-state index >= 15 is 0 Å². The van der Waals surface area contributed by atoms with E-state index in [9.17, 15) is 10.1 Å². The van der Waals surface area contributed by atoms with Crippen molar-refractivity contribution in [3.63, 3.8) is 0 Å². The predicted octanol–water partition coefficient (Wildman–Crippen LogP) is 5.83. The molecule has 0 radical (unpaired) electrons. The minimum absolute atomic E-state index is 0.0566. The van der Waals surface area contributed by atoms with E-state index in [4.69, 9.17) is 4.74 Å². The van der Waals surface area contributed by atoms with Crippen LogP contribution < -0.4 is 10.1 Å². The number of hydrogen-bond donors (Lipinski definition) is 1. The Hall–Kier alpha value is -3.58. The average Bonchev–Trinajstić information content (AvgIpc) is 2.72. The minimum Gasteiger partial charge on any atom is -0.496 e. The third kappa shape index (κ3) is 4.47. The van der Waals surface area contributed by atoms with Crippen molar-refractivity contribution in [2.24, 2.45) is 0 Å². The second-order valence-electron chi connectivity index (χ2n) is 7.29. The summed E-state index contributed by atoms with van der Waals surface area (Å²) in [6, 6.07) is 19.6. The van der Waals surface area contributed by atoms with Crippen LogP contribution in [0, 0.1) is 18.3 Å². The largest absolute Gasteiger partial charge is 0.496 e. The maximum Gasteiger partial charge on any atom is 0.266 e. The second kappa shape index (κ2) is 8.62. The van der Waals surface area contributed by atoms with Crippen molar-refractivity contribution in [2.75, 3.05) is 12.4 Å². The first-order valence-corrected chi connectivity index (χ1v) is 9.53. The van der Waals surface area contributed by atoms with Gasteiger partial charge in [-0.15, -0.1) is 0 Å². The normalized spacial score (nSPS) is 11.4. The van der Waals surface area contributed by atoms with Crippen LogP contribution in [0.2, 0.25) is 0 Å². The van der Waals surface area contributed by atoms with E-state index in [-0.39, 0.29) is 11.5 Å². The van der Waals surface area contributed by atoms with Gasteiger partial charge in [0, 0.05) is 5.69 Å². The third-order valence-corrected chi connectivity index (χ3v) is 4.91. The van der Waals surface area contributed by atoms with Crippen LogP contribution in [0.1, 0.15) is 36.5 Å². The topological polar surface area (TPSA) is 62.1 Å². The molecule has 0 saturated heterocycles. The van der Waals surface area contributed by atoms with Crippen LogP contribution in [0.25, 0.3) is 16.8 Å². The van der Waals surface area contributed by atoms with Crippen LogP contribution in [0.3, 0.4) is 0 Å². The summed E-state index contributed by atoms with van der Waals surface area (Å²) >= 11 is 0. The average molecular weight is 384 g/mol. The van der Waals surface area contributed by atoms with Crippen LogP contribution in [0.5, 0.6) is 5.75 Å². The van der Waals surface area contributed by atoms with Gasteiger partial charge < -0.3 is 10.1 Å². The summed E-state index contributed by atoms with van der Waals surface area (Å²) in [7, 11) is 1.65. The molecule has 4 nitrogen and oxygen atoms in total. The van der Waals surface area contributed by atoms with E-state index in [2.05, 4.69) is 19.2 Å². The first-order valence-electron chi connectivity index (χ1n) is 9.53. The summed E-state index contributed by atoms with van der Waals surface area (Å²) in [4.78, 5) is 12.7. The molecule has 0 aliphatic heterocycles. The Morgan fingerprint density at radius 2 is 1.83 bits per heavy atom. The fourth-order valence-electron chi connectivity index (χ4n) is 3.27. The van der Waals surface area contributed by atoms with E-state index in [1.807, 2.05) is 67.6 Å². The molecule has 1 N–H and O–H groups in total. The Morgan fingerprint density at radius 3 is 2.48 bits per heavy atom. The lowest BCUT2D eigenvalue weighted by molar-refractivity contribution is -0.112. The number of carbonyl (C=O) groups excluding carboxylic acids is 1. The molecule has 0 heterocycles. The fraction of sp³-hybridized carbons (Fsp3) is 0.200. The zero-order chi connectivity index (χ0) is 21.0. The maximum absolute atomic E-state index is 12.7. The molecule has 0 aliphatic rings. The number of fused-ring (bicyclic) bond motifs is 1. The van der Waals surface area contributed by atoms with E-state index in [1.165, 1.54) is 0 Å². The van der Waals surface area contributed by atoms with Gasteiger partial charge in [-0.25, -0.2) is 0 Å². The van der Waals surface area contributed by atoms with E-state index in [0.29, 0.717) is 5.69 Å². The molecule has 0 unspecified atom stereocenters. The predicted molar refractivity (Wildman–Crippen MR) is 118 cm³/mol. The molecule has 0 atom stereocenters. The van der Waals surface area contributed by atoms with E-state index in [0.717, 1.165) is 33.2 Å². The van der Waals surface area contributed by atoms with Gasteiger partial charge >= 0.3 is 0 Å². The molecule has 0 fully saturated rings. The van der Waals surface area contributed by atoms with Crippen molar-refractivity contribution >= 4 is 28.4 Å². The minimum atomic E-state index is -0.427. The number of methoxy groups -OCH3 is 1. The number of nitrogens with zero attached hydrogens (tertiary/aromatic N) is 1. The molecule has 0 aliphatic carbocycles. The summed E-state index contributed by atoms with van der Waals surface area (Å²) in [6.07, 6.45) is 1.64. The van der Waals surface area contributed by atoms with Gasteiger partial charge in [0.15, 0.2) is 0 Å². The molecular formula is C25H24N2O2. The molecule has 3 aromatic rings. The molecule has 0 saturated carbocycles. The quantitative estimate of drug-likeness (QED) is 0.445. The summed E-state index contributed by atoms with van der Waals surface area (Å²) < 4.78 is 5.47. The molecule has 3 rings (SSSR count). The van der Waals surface area contributed by atoms with Gasteiger partial charge in [-0.05, 0) is 70.6 Å². The Labute approximate surface area is 171 Å². The van der Waals surface area contributed by atoms with Crippen molar-refractivity contribution in [3.8, 4) is 11.8 Å². The second-order valence-corrected chi connectivity index (χ2v) is 7.29. The monoisotopic (exact) mass is 384 g/mol. The van der Waals surface area contributed by atoms with Gasteiger partial charge in [-0.3, -0.25) is 4.79 Å². The van der Waals surface area contributed by atoms with Crippen LogP contribution >= 0.6 is 0 Å². The van der Waals surface area contributed by atoms with Gasteiger partial charge in [0.05, 0.1) is 7.11 Å². The van der Waals surface area contributed by atoms with Crippen LogP contribution in [0.4, 0.5) is 5.69 Å². The van der Waals surface area contributed by atoms with Gasteiger partial charge in [0.25, 0.3) is 5.91 Å². The Kier molecular flexibility index (Phi) is 5.99. The molecule has 1 amide bonds. The summed E-state index contributed by atoms with van der Waals surface area (Å²) in [6.45, 7) is 6.10. The Morgan fingerprint density at radius 1 is 1.10 bits per heavy atom. The lowest BCUT2D eigenvalue weighted by Gasteiger charge is -2.15. The number of benzene rings is 3. The standard InChI is InChI=1S/C25H24N2O2/c1-16(2)23-14-20(17(3)11-24(23)29-4)12-21(15-26)25(28)27-22-10-9-18-7-5-6-8-19(18)13-22/h5-14,16H,1-4H3,(H,27,28)/b21-12+. The molecule has 0 aromatic heterocycles.